The number of hydrogen-bond donors (Lipinski definition) is 0. The molecule has 0 bridgehead atoms. The minimum absolute atomic E-state index is 0.0172. The van der Waals surface area contributed by atoms with Crippen LogP contribution in [0.2, 0.25) is 0 Å². The highest BCUT2D eigenvalue weighted by atomic mass is 19.1. The summed E-state index contributed by atoms with van der Waals surface area (Å²) in [7, 11) is 0. The van der Waals surface area contributed by atoms with Crippen LogP contribution in [0.1, 0.15) is 25.3 Å². The minimum atomic E-state index is -1.48. The summed E-state index contributed by atoms with van der Waals surface area (Å²) in [5.41, 5.74) is 0.286. The number of carbonyl (C=O) groups is 2. The third-order valence-electron chi connectivity index (χ3n) is 3.13. The van der Waals surface area contributed by atoms with Crippen LogP contribution in [-0.2, 0) is 19.1 Å². The first-order chi connectivity index (χ1) is 10.9. The number of halogens is 1. The van der Waals surface area contributed by atoms with Crippen LogP contribution >= 0.6 is 0 Å². The second-order valence-electron chi connectivity index (χ2n) is 4.66. The molecule has 0 aromatic heterocycles. The van der Waals surface area contributed by atoms with Gasteiger partial charge in [-0.05, 0) is 31.5 Å². The smallest absolute Gasteiger partial charge is 0.321 e. The first-order valence-electron chi connectivity index (χ1n) is 7.11. The third kappa shape index (κ3) is 5.32. The summed E-state index contributed by atoms with van der Waals surface area (Å²) in [6.45, 7) is 2.46. The second-order valence-corrected chi connectivity index (χ2v) is 4.66. The fraction of sp³-hybridized carbons (Fsp3) is 0.467. The summed E-state index contributed by atoms with van der Waals surface area (Å²) in [4.78, 5) is 34.5. The first-order valence-corrected chi connectivity index (χ1v) is 7.11. The van der Waals surface area contributed by atoms with Crippen molar-refractivity contribution in [2.24, 2.45) is 5.92 Å². The lowest BCUT2D eigenvalue weighted by Gasteiger charge is -2.21. The molecule has 0 aliphatic carbocycles. The van der Waals surface area contributed by atoms with Gasteiger partial charge in [0.1, 0.15) is 5.82 Å². The molecule has 0 amide bonds. The van der Waals surface area contributed by atoms with Crippen molar-refractivity contribution in [2.75, 3.05) is 19.8 Å². The van der Waals surface area contributed by atoms with Gasteiger partial charge in [-0.3, -0.25) is 19.7 Å². The highest BCUT2D eigenvalue weighted by Gasteiger charge is 2.41. The zero-order chi connectivity index (χ0) is 17.4. The average molecular weight is 327 g/mol. The summed E-state index contributed by atoms with van der Waals surface area (Å²) in [6, 6.07) is 4.81. The molecule has 0 spiro atoms. The molecule has 126 valence electrons. The van der Waals surface area contributed by atoms with Crippen LogP contribution < -0.4 is 0 Å². The molecule has 0 unspecified atom stereocenters. The van der Waals surface area contributed by atoms with E-state index in [-0.39, 0.29) is 18.8 Å². The summed E-state index contributed by atoms with van der Waals surface area (Å²) in [5, 5.41) is 10.9. The molecule has 0 saturated heterocycles. The lowest BCUT2D eigenvalue weighted by Crippen LogP contribution is -2.36. The van der Waals surface area contributed by atoms with Crippen LogP contribution in [-0.4, -0.2) is 36.6 Å². The van der Waals surface area contributed by atoms with Crippen LogP contribution in [0.15, 0.2) is 24.3 Å². The van der Waals surface area contributed by atoms with E-state index in [4.69, 9.17) is 9.47 Å². The molecule has 1 rings (SSSR count). The molecule has 0 saturated carbocycles. The number of ether oxygens (including phenoxy) is 2. The van der Waals surface area contributed by atoms with Crippen molar-refractivity contribution < 1.29 is 28.4 Å². The predicted molar refractivity (Wildman–Crippen MR) is 77.8 cm³/mol. The number of nitro groups is 1. The highest BCUT2D eigenvalue weighted by Crippen LogP contribution is 2.28. The van der Waals surface area contributed by atoms with E-state index in [9.17, 15) is 24.1 Å². The van der Waals surface area contributed by atoms with Gasteiger partial charge in [-0.15, -0.1) is 0 Å². The van der Waals surface area contributed by atoms with Gasteiger partial charge in [-0.2, -0.15) is 0 Å². The van der Waals surface area contributed by atoms with Crippen molar-refractivity contribution in [3.63, 3.8) is 0 Å². The van der Waals surface area contributed by atoms with Gasteiger partial charge in [0, 0.05) is 4.92 Å². The Labute approximate surface area is 132 Å². The molecular formula is C15H18FNO6. The van der Waals surface area contributed by atoms with Gasteiger partial charge in [0.25, 0.3) is 0 Å². The van der Waals surface area contributed by atoms with Crippen molar-refractivity contribution in [2.45, 2.75) is 19.8 Å². The third-order valence-corrected chi connectivity index (χ3v) is 3.13. The van der Waals surface area contributed by atoms with Crippen molar-refractivity contribution >= 4 is 11.9 Å². The van der Waals surface area contributed by atoms with Crippen LogP contribution in [0.4, 0.5) is 4.39 Å². The monoisotopic (exact) mass is 327 g/mol. The molecule has 0 aliphatic heterocycles. The van der Waals surface area contributed by atoms with Crippen molar-refractivity contribution in [1.82, 2.24) is 0 Å². The van der Waals surface area contributed by atoms with E-state index in [1.165, 1.54) is 12.1 Å². The van der Waals surface area contributed by atoms with Gasteiger partial charge in [0.05, 0.1) is 19.1 Å². The Hall–Kier alpha value is -2.51. The molecule has 1 aromatic carbocycles. The Kier molecular flexibility index (Phi) is 7.11. The highest BCUT2D eigenvalue weighted by molar-refractivity contribution is 5.96. The van der Waals surface area contributed by atoms with E-state index in [0.29, 0.717) is 0 Å². The van der Waals surface area contributed by atoms with Gasteiger partial charge in [-0.1, -0.05) is 12.1 Å². The maximum absolute atomic E-state index is 13.1. The summed E-state index contributed by atoms with van der Waals surface area (Å²) < 4.78 is 22.7. The van der Waals surface area contributed by atoms with Gasteiger partial charge in [0.15, 0.2) is 5.92 Å². The fourth-order valence-corrected chi connectivity index (χ4v) is 2.16. The van der Waals surface area contributed by atoms with Crippen molar-refractivity contribution in [3.05, 3.63) is 45.8 Å². The predicted octanol–water partition coefficient (Wildman–Crippen LogP) is 1.93. The normalized spacial score (nSPS) is 11.8. The van der Waals surface area contributed by atoms with E-state index >= 15 is 0 Å². The fourth-order valence-electron chi connectivity index (χ4n) is 2.16. The number of nitrogens with zero attached hydrogens (tertiary/aromatic N) is 1. The Morgan fingerprint density at radius 3 is 2.00 bits per heavy atom. The number of hydrogen-bond acceptors (Lipinski definition) is 6. The Morgan fingerprint density at radius 2 is 1.61 bits per heavy atom. The molecule has 0 aliphatic rings. The van der Waals surface area contributed by atoms with Gasteiger partial charge in [0.2, 0.25) is 6.54 Å². The van der Waals surface area contributed by atoms with Crippen LogP contribution in [0.5, 0.6) is 0 Å². The summed E-state index contributed by atoms with van der Waals surface area (Å²) >= 11 is 0. The molecule has 7 nitrogen and oxygen atoms in total. The molecule has 1 aromatic rings. The molecule has 23 heavy (non-hydrogen) atoms. The first kappa shape index (κ1) is 18.5. The van der Waals surface area contributed by atoms with Crippen molar-refractivity contribution in [1.29, 1.82) is 0 Å². The SMILES string of the molecule is CCOC(=O)C(C(=O)OCC)[C@@H](C[N+](=O)[O-])c1ccc(F)cc1. The molecule has 0 N–H and O–H groups in total. The largest absolute Gasteiger partial charge is 0.465 e. The molecule has 0 fully saturated rings. The van der Waals surface area contributed by atoms with Gasteiger partial charge >= 0.3 is 11.9 Å². The van der Waals surface area contributed by atoms with Gasteiger partial charge in [-0.25, -0.2) is 4.39 Å². The lowest BCUT2D eigenvalue weighted by atomic mass is 9.85. The zero-order valence-electron chi connectivity index (χ0n) is 12.9. The lowest BCUT2D eigenvalue weighted by molar-refractivity contribution is -0.484. The summed E-state index contributed by atoms with van der Waals surface area (Å²) in [6.07, 6.45) is 0. The maximum Gasteiger partial charge on any atom is 0.321 e. The van der Waals surface area contributed by atoms with E-state index in [2.05, 4.69) is 0 Å². The van der Waals surface area contributed by atoms with E-state index in [1.807, 2.05) is 0 Å². The standard InChI is InChI=1S/C15H18FNO6/c1-3-22-14(18)13(15(19)23-4-2)12(9-17(20)21)10-5-7-11(16)8-6-10/h5-8,12-13H,3-4,9H2,1-2H3/t12-/m0/s1. The van der Waals surface area contributed by atoms with E-state index < -0.39 is 41.1 Å². The molecular weight excluding hydrogens is 309 g/mol. The van der Waals surface area contributed by atoms with E-state index in [1.54, 1.807) is 13.8 Å². The van der Waals surface area contributed by atoms with Crippen molar-refractivity contribution in [3.8, 4) is 0 Å². The van der Waals surface area contributed by atoms with Crippen LogP contribution in [0.25, 0.3) is 0 Å². The Bertz CT molecular complexity index is 542. The van der Waals surface area contributed by atoms with Crippen LogP contribution in [0, 0.1) is 21.8 Å². The Balaban J connectivity index is 3.24. The Morgan fingerprint density at radius 1 is 1.13 bits per heavy atom. The average Bonchev–Trinajstić information content (AvgIpc) is 2.47. The topological polar surface area (TPSA) is 95.7 Å². The number of carbonyl (C=O) groups excluding carboxylic acids is 2. The van der Waals surface area contributed by atoms with E-state index in [0.717, 1.165) is 12.1 Å². The quantitative estimate of drug-likeness (QED) is 0.313. The molecule has 0 radical (unpaired) electrons. The number of esters is 2. The second kappa shape index (κ2) is 8.82. The zero-order valence-corrected chi connectivity index (χ0v) is 12.9. The van der Waals surface area contributed by atoms with Gasteiger partial charge < -0.3 is 9.47 Å². The van der Waals surface area contributed by atoms with Crippen LogP contribution in [0.3, 0.4) is 0 Å². The molecule has 8 heteroatoms. The maximum atomic E-state index is 13.1. The molecule has 0 heterocycles. The minimum Gasteiger partial charge on any atom is -0.465 e. The summed E-state index contributed by atoms with van der Waals surface area (Å²) in [5.74, 6) is -4.92. The number of rotatable bonds is 8. The number of benzene rings is 1. The molecule has 1 atom stereocenters.